The van der Waals surface area contributed by atoms with Crippen molar-refractivity contribution in [1.82, 2.24) is 4.98 Å². The lowest BCUT2D eigenvalue weighted by atomic mass is 10.1. The molecule has 134 valence electrons. The molecule has 26 heavy (non-hydrogen) atoms. The van der Waals surface area contributed by atoms with E-state index in [1.807, 2.05) is 18.4 Å². The fourth-order valence-electron chi connectivity index (χ4n) is 2.14. The van der Waals surface area contributed by atoms with E-state index in [2.05, 4.69) is 15.5 Å². The lowest BCUT2D eigenvalue weighted by molar-refractivity contribution is 1.27. The Morgan fingerprint density at radius 1 is 1.00 bits per heavy atom. The number of aromatic nitrogens is 1. The summed E-state index contributed by atoms with van der Waals surface area (Å²) < 4.78 is 0. The van der Waals surface area contributed by atoms with Crippen LogP contribution in [0.2, 0.25) is 25.1 Å². The topological polar surface area (TPSA) is 37.3 Å². The molecule has 0 amide bonds. The van der Waals surface area contributed by atoms with Crippen LogP contribution in [0.5, 0.6) is 0 Å². The van der Waals surface area contributed by atoms with Crippen molar-refractivity contribution in [3.8, 4) is 11.3 Å². The highest BCUT2D eigenvalue weighted by Gasteiger charge is 2.12. The quantitative estimate of drug-likeness (QED) is 0.241. The third-order valence-corrected chi connectivity index (χ3v) is 6.04. The molecular weight excluding hydrogens is 456 g/mol. The Labute approximate surface area is 179 Å². The third-order valence-electron chi connectivity index (χ3n) is 3.46. The summed E-state index contributed by atoms with van der Waals surface area (Å²) in [5.41, 5.74) is 5.79. The zero-order chi connectivity index (χ0) is 18.8. The molecule has 3 aromatic rings. The van der Waals surface area contributed by atoms with E-state index >= 15 is 0 Å². The van der Waals surface area contributed by atoms with Gasteiger partial charge in [0.05, 0.1) is 31.5 Å². The first-order valence-corrected chi connectivity index (χ1v) is 9.99. The van der Waals surface area contributed by atoms with Gasteiger partial charge in [0.15, 0.2) is 0 Å². The molecule has 1 N–H and O–H groups in total. The van der Waals surface area contributed by atoms with E-state index in [-0.39, 0.29) is 0 Å². The van der Waals surface area contributed by atoms with Crippen LogP contribution in [0.25, 0.3) is 11.3 Å². The maximum atomic E-state index is 6.23. The molecule has 2 aromatic carbocycles. The minimum atomic E-state index is 0.300. The summed E-state index contributed by atoms with van der Waals surface area (Å²) in [7, 11) is 0. The van der Waals surface area contributed by atoms with Crippen LogP contribution in [0.3, 0.4) is 0 Å². The molecule has 0 aliphatic rings. The second-order valence-electron chi connectivity index (χ2n) is 5.19. The largest absolute Gasteiger partial charge is 0.252 e. The Morgan fingerprint density at radius 3 is 2.50 bits per heavy atom. The zero-order valence-electron chi connectivity index (χ0n) is 13.2. The van der Waals surface area contributed by atoms with Gasteiger partial charge >= 0.3 is 0 Å². The van der Waals surface area contributed by atoms with Gasteiger partial charge in [-0.1, -0.05) is 64.1 Å². The van der Waals surface area contributed by atoms with Gasteiger partial charge in [-0.05, 0) is 31.2 Å². The predicted octanol–water partition coefficient (Wildman–Crippen LogP) is 7.91. The molecule has 0 atom stereocenters. The summed E-state index contributed by atoms with van der Waals surface area (Å²) in [5.74, 6) is 0. The summed E-state index contributed by atoms with van der Waals surface area (Å²) in [6, 6.07) is 8.71. The lowest BCUT2D eigenvalue weighted by Crippen LogP contribution is -2.01. The van der Waals surface area contributed by atoms with Gasteiger partial charge in [0, 0.05) is 21.5 Å². The number of anilines is 1. The maximum Gasteiger partial charge on any atom is 0.203 e. The van der Waals surface area contributed by atoms with Gasteiger partial charge in [-0.15, -0.1) is 11.3 Å². The van der Waals surface area contributed by atoms with Crippen LogP contribution >= 0.6 is 69.3 Å². The van der Waals surface area contributed by atoms with Gasteiger partial charge in [-0.3, -0.25) is 5.43 Å². The minimum absolute atomic E-state index is 0.300. The molecule has 1 aromatic heterocycles. The van der Waals surface area contributed by atoms with Crippen LogP contribution in [0.4, 0.5) is 5.13 Å². The maximum absolute atomic E-state index is 6.23. The van der Waals surface area contributed by atoms with E-state index in [0.29, 0.717) is 41.5 Å². The Hall–Kier alpha value is -1.01. The third kappa shape index (κ3) is 4.28. The van der Waals surface area contributed by atoms with Gasteiger partial charge in [0.2, 0.25) is 5.13 Å². The number of halogens is 5. The van der Waals surface area contributed by atoms with E-state index in [4.69, 9.17) is 58.0 Å². The zero-order valence-corrected chi connectivity index (χ0v) is 17.8. The van der Waals surface area contributed by atoms with Gasteiger partial charge in [-0.2, -0.15) is 5.10 Å². The van der Waals surface area contributed by atoms with Crippen LogP contribution in [0.15, 0.2) is 40.8 Å². The molecule has 9 heteroatoms. The van der Waals surface area contributed by atoms with Crippen LogP contribution < -0.4 is 5.43 Å². The minimum Gasteiger partial charge on any atom is -0.252 e. The Kier molecular flexibility index (Phi) is 6.33. The second kappa shape index (κ2) is 8.34. The summed E-state index contributed by atoms with van der Waals surface area (Å²) in [6.07, 6.45) is 0. The fraction of sp³-hybridized carbons (Fsp3) is 0.0588. The molecular formula is C17H10Cl5N3S. The summed E-state index contributed by atoms with van der Waals surface area (Å²) in [4.78, 5) is 4.48. The molecule has 3 rings (SSSR count). The number of hydrazone groups is 1. The van der Waals surface area contributed by atoms with Crippen molar-refractivity contribution in [3.05, 3.63) is 66.4 Å². The van der Waals surface area contributed by atoms with Crippen molar-refractivity contribution in [2.45, 2.75) is 6.92 Å². The molecule has 0 saturated heterocycles. The standard InChI is InChI=1S/C17H10Cl5N3S/c1-8(10-4-5-12(19)16(22)15(10)21)24-25-17-23-14(7-26-17)11-3-2-9(18)6-13(11)20/h2-7H,1H3,(H,23,25)/b24-8+. The SMILES string of the molecule is C/C(=N\Nc1nc(-c2ccc(Cl)cc2Cl)cs1)c1ccc(Cl)c(Cl)c1Cl. The molecule has 0 aliphatic heterocycles. The van der Waals surface area contributed by atoms with Crippen molar-refractivity contribution < 1.29 is 0 Å². The highest BCUT2D eigenvalue weighted by atomic mass is 35.5. The predicted molar refractivity (Wildman–Crippen MR) is 115 cm³/mol. The van der Waals surface area contributed by atoms with Crippen molar-refractivity contribution >= 4 is 80.2 Å². The number of rotatable bonds is 4. The molecule has 0 radical (unpaired) electrons. The van der Waals surface area contributed by atoms with Crippen LogP contribution in [0, 0.1) is 0 Å². The van der Waals surface area contributed by atoms with Crippen LogP contribution in [-0.4, -0.2) is 10.7 Å². The van der Waals surface area contributed by atoms with Gasteiger partial charge in [-0.25, -0.2) is 4.98 Å². The smallest absolute Gasteiger partial charge is 0.203 e. The van der Waals surface area contributed by atoms with Gasteiger partial charge in [0.1, 0.15) is 0 Å². The number of hydrogen-bond donors (Lipinski definition) is 1. The van der Waals surface area contributed by atoms with Crippen molar-refractivity contribution in [1.29, 1.82) is 0 Å². The number of benzene rings is 2. The van der Waals surface area contributed by atoms with Crippen LogP contribution in [-0.2, 0) is 0 Å². The summed E-state index contributed by atoms with van der Waals surface area (Å²) in [5, 5.41) is 8.97. The molecule has 0 spiro atoms. The molecule has 0 aliphatic carbocycles. The monoisotopic (exact) mass is 463 g/mol. The molecule has 0 fully saturated rings. The van der Waals surface area contributed by atoms with Crippen molar-refractivity contribution in [2.75, 3.05) is 5.43 Å². The number of hydrogen-bond acceptors (Lipinski definition) is 4. The molecule has 0 unspecified atom stereocenters. The summed E-state index contributed by atoms with van der Waals surface area (Å²) >= 11 is 31.8. The van der Waals surface area contributed by atoms with Crippen molar-refractivity contribution in [2.24, 2.45) is 5.10 Å². The second-order valence-corrected chi connectivity index (χ2v) is 8.06. The highest BCUT2D eigenvalue weighted by molar-refractivity contribution is 7.14. The number of thiazole rings is 1. The highest BCUT2D eigenvalue weighted by Crippen LogP contribution is 2.34. The first-order chi connectivity index (χ1) is 12.4. The van der Waals surface area contributed by atoms with E-state index in [9.17, 15) is 0 Å². The molecule has 0 bridgehead atoms. The van der Waals surface area contributed by atoms with E-state index < -0.39 is 0 Å². The first kappa shape index (κ1) is 19.7. The van der Waals surface area contributed by atoms with E-state index in [1.165, 1.54) is 11.3 Å². The molecule has 0 saturated carbocycles. The Balaban J connectivity index is 1.81. The average molecular weight is 466 g/mol. The van der Waals surface area contributed by atoms with E-state index in [1.54, 1.807) is 24.3 Å². The van der Waals surface area contributed by atoms with Gasteiger partial charge < -0.3 is 0 Å². The van der Waals surface area contributed by atoms with Crippen LogP contribution in [0.1, 0.15) is 12.5 Å². The Bertz CT molecular complexity index is 1000. The first-order valence-electron chi connectivity index (χ1n) is 7.22. The Morgan fingerprint density at radius 2 is 1.77 bits per heavy atom. The number of nitrogens with one attached hydrogen (secondary N) is 1. The summed E-state index contributed by atoms with van der Waals surface area (Å²) in [6.45, 7) is 1.81. The normalized spacial score (nSPS) is 11.7. The van der Waals surface area contributed by atoms with E-state index in [0.717, 1.165) is 11.3 Å². The van der Waals surface area contributed by atoms with Crippen molar-refractivity contribution in [3.63, 3.8) is 0 Å². The number of nitrogens with zero attached hydrogens (tertiary/aromatic N) is 2. The molecule has 3 nitrogen and oxygen atoms in total. The van der Waals surface area contributed by atoms with Gasteiger partial charge in [0.25, 0.3) is 0 Å². The average Bonchev–Trinajstić information content (AvgIpc) is 3.06. The lowest BCUT2D eigenvalue weighted by Gasteiger charge is -2.07. The molecule has 1 heterocycles. The fourth-order valence-corrected chi connectivity index (χ4v) is 3.97.